The van der Waals surface area contributed by atoms with E-state index in [1.807, 2.05) is 42.1 Å². The van der Waals surface area contributed by atoms with Crippen LogP contribution in [-0.4, -0.2) is 28.2 Å². The molecule has 8 nitrogen and oxygen atoms in total. The standard InChI is InChI=1S/C18H15BrN4O4/c1-22-10-12(14-4-2-3-5-16(14)22)9-20-21-18(24)11-27-17-7-6-13(23(25)26)8-15(17)19/h2-10H,11H2,1H3,(H,21,24). The lowest BCUT2D eigenvalue weighted by Gasteiger charge is -2.06. The second-order valence-corrected chi connectivity index (χ2v) is 6.52. The molecule has 0 aliphatic heterocycles. The Labute approximate surface area is 162 Å². The maximum Gasteiger partial charge on any atom is 0.277 e. The fourth-order valence-electron chi connectivity index (χ4n) is 2.55. The van der Waals surface area contributed by atoms with E-state index in [9.17, 15) is 14.9 Å². The zero-order valence-electron chi connectivity index (χ0n) is 14.3. The summed E-state index contributed by atoms with van der Waals surface area (Å²) >= 11 is 3.18. The molecule has 0 saturated heterocycles. The largest absolute Gasteiger partial charge is 0.483 e. The summed E-state index contributed by atoms with van der Waals surface area (Å²) in [6.45, 7) is -0.275. The van der Waals surface area contributed by atoms with Crippen LogP contribution in [-0.2, 0) is 11.8 Å². The van der Waals surface area contributed by atoms with Crippen molar-refractivity contribution in [1.29, 1.82) is 0 Å². The predicted octanol–water partition coefficient (Wildman–Crippen LogP) is 3.38. The van der Waals surface area contributed by atoms with Crippen LogP contribution in [0.2, 0.25) is 0 Å². The van der Waals surface area contributed by atoms with E-state index < -0.39 is 10.8 Å². The number of nitrogens with one attached hydrogen (secondary N) is 1. The van der Waals surface area contributed by atoms with Crippen molar-refractivity contribution in [1.82, 2.24) is 9.99 Å². The van der Waals surface area contributed by atoms with Crippen molar-refractivity contribution < 1.29 is 14.5 Å². The number of non-ortho nitro benzene ring substituents is 1. The first kappa shape index (κ1) is 18.6. The molecule has 0 aliphatic carbocycles. The van der Waals surface area contributed by atoms with Crippen LogP contribution in [0.4, 0.5) is 5.69 Å². The second-order valence-electron chi connectivity index (χ2n) is 5.67. The lowest BCUT2D eigenvalue weighted by Crippen LogP contribution is -2.24. The summed E-state index contributed by atoms with van der Waals surface area (Å²) in [5.41, 5.74) is 4.27. The molecular formula is C18H15BrN4O4. The van der Waals surface area contributed by atoms with Crippen LogP contribution >= 0.6 is 15.9 Å². The molecule has 0 bridgehead atoms. The Morgan fingerprint density at radius 2 is 2.15 bits per heavy atom. The minimum atomic E-state index is -0.511. The Bertz CT molecular complexity index is 1050. The Hall–Kier alpha value is -3.20. The number of aromatic nitrogens is 1. The zero-order chi connectivity index (χ0) is 19.4. The van der Waals surface area contributed by atoms with E-state index in [1.54, 1.807) is 6.21 Å². The van der Waals surface area contributed by atoms with E-state index in [1.165, 1.54) is 18.2 Å². The van der Waals surface area contributed by atoms with Gasteiger partial charge in [0.25, 0.3) is 11.6 Å². The maximum absolute atomic E-state index is 11.9. The monoisotopic (exact) mass is 430 g/mol. The van der Waals surface area contributed by atoms with Crippen LogP contribution < -0.4 is 10.2 Å². The molecule has 138 valence electrons. The first-order valence-electron chi connectivity index (χ1n) is 7.88. The number of halogens is 1. The molecule has 9 heteroatoms. The molecule has 2 aromatic carbocycles. The van der Waals surface area contributed by atoms with Gasteiger partial charge in [0.1, 0.15) is 5.75 Å². The highest BCUT2D eigenvalue weighted by Crippen LogP contribution is 2.29. The Morgan fingerprint density at radius 1 is 1.37 bits per heavy atom. The lowest BCUT2D eigenvalue weighted by molar-refractivity contribution is -0.384. The quantitative estimate of drug-likeness (QED) is 0.368. The third kappa shape index (κ3) is 4.32. The Kier molecular flexibility index (Phi) is 5.51. The summed E-state index contributed by atoms with van der Waals surface area (Å²) in [5.74, 6) is -0.120. The van der Waals surface area contributed by atoms with Crippen molar-refractivity contribution in [3.63, 3.8) is 0 Å². The Morgan fingerprint density at radius 3 is 2.89 bits per heavy atom. The number of nitrogens with zero attached hydrogens (tertiary/aromatic N) is 3. The fraction of sp³-hybridized carbons (Fsp3) is 0.111. The molecule has 0 aliphatic rings. The number of ether oxygens (including phenoxy) is 1. The number of nitro benzene ring substituents is 1. The number of carbonyl (C=O) groups is 1. The van der Waals surface area contributed by atoms with Crippen LogP contribution in [0.25, 0.3) is 10.9 Å². The summed E-state index contributed by atoms with van der Waals surface area (Å²) in [5, 5.41) is 15.7. The normalized spacial score (nSPS) is 11.0. The predicted molar refractivity (Wildman–Crippen MR) is 105 cm³/mol. The topological polar surface area (TPSA) is 98.8 Å². The number of aryl methyl sites for hydroxylation is 1. The van der Waals surface area contributed by atoms with Crippen molar-refractivity contribution in [3.05, 3.63) is 68.8 Å². The number of nitro groups is 1. The van der Waals surface area contributed by atoms with Crippen molar-refractivity contribution in [2.75, 3.05) is 6.61 Å². The number of carbonyl (C=O) groups excluding carboxylic acids is 1. The van der Waals surface area contributed by atoms with Gasteiger partial charge in [0.2, 0.25) is 0 Å². The van der Waals surface area contributed by atoms with Gasteiger partial charge in [-0.1, -0.05) is 18.2 Å². The molecule has 0 spiro atoms. The van der Waals surface area contributed by atoms with Crippen LogP contribution in [0.3, 0.4) is 0 Å². The van der Waals surface area contributed by atoms with E-state index in [4.69, 9.17) is 4.74 Å². The lowest BCUT2D eigenvalue weighted by atomic mass is 10.2. The van der Waals surface area contributed by atoms with Gasteiger partial charge in [-0.3, -0.25) is 14.9 Å². The number of amides is 1. The second kappa shape index (κ2) is 8.00. The molecule has 0 radical (unpaired) electrons. The molecule has 0 saturated carbocycles. The summed E-state index contributed by atoms with van der Waals surface area (Å²) in [7, 11) is 1.94. The molecule has 0 atom stereocenters. The van der Waals surface area contributed by atoms with Gasteiger partial charge < -0.3 is 9.30 Å². The summed E-state index contributed by atoms with van der Waals surface area (Å²) in [4.78, 5) is 22.1. The van der Waals surface area contributed by atoms with E-state index in [0.29, 0.717) is 10.2 Å². The highest BCUT2D eigenvalue weighted by molar-refractivity contribution is 9.10. The molecule has 3 aromatic rings. The molecule has 1 aromatic heterocycles. The zero-order valence-corrected chi connectivity index (χ0v) is 15.8. The van der Waals surface area contributed by atoms with Gasteiger partial charge >= 0.3 is 0 Å². The maximum atomic E-state index is 11.9. The summed E-state index contributed by atoms with van der Waals surface area (Å²) < 4.78 is 7.72. The van der Waals surface area contributed by atoms with E-state index in [2.05, 4.69) is 26.5 Å². The SMILES string of the molecule is Cn1cc(C=NNC(=O)COc2ccc([N+](=O)[O-])cc2Br)c2ccccc21. The first-order chi connectivity index (χ1) is 13.0. The first-order valence-corrected chi connectivity index (χ1v) is 8.67. The molecule has 1 amide bonds. The molecular weight excluding hydrogens is 416 g/mol. The molecule has 3 rings (SSSR count). The van der Waals surface area contributed by atoms with Crippen molar-refractivity contribution >= 4 is 44.6 Å². The number of para-hydroxylation sites is 1. The van der Waals surface area contributed by atoms with Crippen LogP contribution in [0, 0.1) is 10.1 Å². The summed E-state index contributed by atoms with van der Waals surface area (Å²) in [6.07, 6.45) is 3.49. The number of hydrogen-bond donors (Lipinski definition) is 1. The van der Waals surface area contributed by atoms with Gasteiger partial charge in [-0.15, -0.1) is 0 Å². The van der Waals surface area contributed by atoms with Crippen LogP contribution in [0.5, 0.6) is 5.75 Å². The number of benzene rings is 2. The van der Waals surface area contributed by atoms with Crippen molar-refractivity contribution in [2.45, 2.75) is 0 Å². The smallest absolute Gasteiger partial charge is 0.277 e. The van der Waals surface area contributed by atoms with Crippen molar-refractivity contribution in [3.8, 4) is 5.75 Å². The van der Waals surface area contributed by atoms with Gasteiger partial charge in [0.05, 0.1) is 15.6 Å². The molecule has 0 unspecified atom stereocenters. The van der Waals surface area contributed by atoms with Gasteiger partial charge in [0, 0.05) is 41.8 Å². The van der Waals surface area contributed by atoms with Gasteiger partial charge in [-0.25, -0.2) is 5.43 Å². The van der Waals surface area contributed by atoms with Crippen molar-refractivity contribution in [2.24, 2.45) is 12.1 Å². The number of fused-ring (bicyclic) bond motifs is 1. The third-order valence-electron chi connectivity index (χ3n) is 3.81. The molecule has 0 fully saturated rings. The number of rotatable bonds is 6. The highest BCUT2D eigenvalue weighted by atomic mass is 79.9. The van der Waals surface area contributed by atoms with E-state index in [-0.39, 0.29) is 12.3 Å². The highest BCUT2D eigenvalue weighted by Gasteiger charge is 2.11. The number of hydrazone groups is 1. The number of hydrogen-bond acceptors (Lipinski definition) is 5. The molecule has 1 heterocycles. The fourth-order valence-corrected chi connectivity index (χ4v) is 3.03. The van der Waals surface area contributed by atoms with E-state index in [0.717, 1.165) is 16.5 Å². The average Bonchev–Trinajstić information content (AvgIpc) is 2.97. The minimum Gasteiger partial charge on any atom is -0.483 e. The van der Waals surface area contributed by atoms with Gasteiger partial charge in [-0.2, -0.15) is 5.10 Å². The molecule has 1 N–H and O–H groups in total. The Balaban J connectivity index is 1.58. The molecule has 27 heavy (non-hydrogen) atoms. The van der Waals surface area contributed by atoms with Crippen LogP contribution in [0.15, 0.2) is 58.2 Å². The minimum absolute atomic E-state index is 0.0710. The summed E-state index contributed by atoms with van der Waals surface area (Å²) in [6, 6.07) is 11.9. The van der Waals surface area contributed by atoms with E-state index >= 15 is 0 Å². The third-order valence-corrected chi connectivity index (χ3v) is 4.43. The van der Waals surface area contributed by atoms with Crippen LogP contribution in [0.1, 0.15) is 5.56 Å². The van der Waals surface area contributed by atoms with Gasteiger partial charge in [0.15, 0.2) is 6.61 Å². The van der Waals surface area contributed by atoms with Gasteiger partial charge in [-0.05, 0) is 28.1 Å². The average molecular weight is 431 g/mol.